The molecular formula is C22H30O2. The zero-order valence-corrected chi connectivity index (χ0v) is 15.5. The number of carbonyl (C=O) groups excluding carboxylic acids is 2. The predicted molar refractivity (Wildman–Crippen MR) is 95.4 cm³/mol. The maximum Gasteiger partial charge on any atom is 0.155 e. The van der Waals surface area contributed by atoms with E-state index in [1.807, 2.05) is 6.08 Å². The average molecular weight is 326 g/mol. The van der Waals surface area contributed by atoms with Crippen molar-refractivity contribution in [3.63, 3.8) is 0 Å². The van der Waals surface area contributed by atoms with Crippen molar-refractivity contribution >= 4 is 11.6 Å². The highest BCUT2D eigenvalue weighted by molar-refractivity contribution is 5.92. The van der Waals surface area contributed by atoms with E-state index >= 15 is 0 Å². The third kappa shape index (κ3) is 1.95. The molecule has 0 aromatic rings. The van der Waals surface area contributed by atoms with Crippen molar-refractivity contribution in [3.05, 3.63) is 23.3 Å². The van der Waals surface area contributed by atoms with Crippen LogP contribution in [0.15, 0.2) is 23.3 Å². The van der Waals surface area contributed by atoms with E-state index in [4.69, 9.17) is 0 Å². The molecule has 130 valence electrons. The summed E-state index contributed by atoms with van der Waals surface area (Å²) < 4.78 is 0. The molecule has 4 rings (SSSR count). The highest BCUT2D eigenvalue weighted by Crippen LogP contribution is 2.66. The molecule has 2 fully saturated rings. The molecule has 0 aromatic carbocycles. The molecule has 0 heterocycles. The van der Waals surface area contributed by atoms with Gasteiger partial charge in [0.1, 0.15) is 5.78 Å². The molecule has 2 saturated carbocycles. The number of fused-ring (bicyclic) bond motifs is 5. The van der Waals surface area contributed by atoms with Crippen LogP contribution in [0.1, 0.15) is 66.2 Å². The highest BCUT2D eigenvalue weighted by atomic mass is 16.1. The van der Waals surface area contributed by atoms with Gasteiger partial charge in [0.05, 0.1) is 0 Å². The average Bonchev–Trinajstić information content (AvgIpc) is 2.88. The summed E-state index contributed by atoms with van der Waals surface area (Å²) in [4.78, 5) is 24.2. The van der Waals surface area contributed by atoms with E-state index in [1.54, 1.807) is 12.5 Å². The molecule has 2 nitrogen and oxygen atoms in total. The molecule has 0 spiro atoms. The first-order chi connectivity index (χ1) is 11.3. The van der Waals surface area contributed by atoms with Gasteiger partial charge in [-0.2, -0.15) is 0 Å². The van der Waals surface area contributed by atoms with Gasteiger partial charge in [-0.15, -0.1) is 0 Å². The lowest BCUT2D eigenvalue weighted by atomic mass is 9.49. The van der Waals surface area contributed by atoms with Crippen LogP contribution in [-0.2, 0) is 9.59 Å². The van der Waals surface area contributed by atoms with Crippen molar-refractivity contribution < 1.29 is 9.59 Å². The Kier molecular flexibility index (Phi) is 3.50. The van der Waals surface area contributed by atoms with Crippen molar-refractivity contribution in [2.24, 2.45) is 34.5 Å². The van der Waals surface area contributed by atoms with Gasteiger partial charge in [-0.05, 0) is 68.3 Å². The Bertz CT molecular complexity index is 669. The van der Waals surface area contributed by atoms with Gasteiger partial charge in [-0.25, -0.2) is 0 Å². The fourth-order valence-corrected chi connectivity index (χ4v) is 6.84. The zero-order chi connectivity index (χ0) is 17.3. The second-order valence-electron chi connectivity index (χ2n) is 9.24. The molecular weight excluding hydrogens is 296 g/mol. The predicted octanol–water partition coefficient (Wildman–Crippen LogP) is 4.89. The van der Waals surface area contributed by atoms with Crippen LogP contribution in [0.3, 0.4) is 0 Å². The van der Waals surface area contributed by atoms with E-state index in [1.165, 1.54) is 12.0 Å². The Labute approximate surface area is 145 Å². The minimum absolute atomic E-state index is 0.0979. The molecule has 4 aliphatic rings. The summed E-state index contributed by atoms with van der Waals surface area (Å²) >= 11 is 0. The first-order valence-electron chi connectivity index (χ1n) is 9.75. The standard InChI is InChI=1S/C22H30O2/c1-13-11-20-17(19-8-7-18(14(2)23)22(13,19)4)6-5-15-12-16(24)9-10-21(15,20)3/h11-13,17-19H,5-10H2,1-4H3/t13-,17-,18+,19-,21-,22+/m0/s1. The first kappa shape index (κ1) is 16.3. The van der Waals surface area contributed by atoms with Crippen LogP contribution < -0.4 is 0 Å². The van der Waals surface area contributed by atoms with Gasteiger partial charge in [0.25, 0.3) is 0 Å². The molecule has 0 unspecified atom stereocenters. The summed E-state index contributed by atoms with van der Waals surface area (Å²) in [6.07, 6.45) is 10.6. The first-order valence-corrected chi connectivity index (χ1v) is 9.75. The molecule has 2 heteroatoms. The van der Waals surface area contributed by atoms with Gasteiger partial charge in [0.15, 0.2) is 5.78 Å². The summed E-state index contributed by atoms with van der Waals surface area (Å²) in [5, 5.41) is 0. The van der Waals surface area contributed by atoms with Crippen LogP contribution in [0.25, 0.3) is 0 Å². The Morgan fingerprint density at radius 1 is 1.17 bits per heavy atom. The zero-order valence-electron chi connectivity index (χ0n) is 15.5. The Hall–Kier alpha value is -1.18. The molecule has 4 aliphatic carbocycles. The quantitative estimate of drug-likeness (QED) is 0.643. The van der Waals surface area contributed by atoms with Crippen molar-refractivity contribution in [1.29, 1.82) is 0 Å². The summed E-state index contributed by atoms with van der Waals surface area (Å²) in [5.74, 6) is 2.62. The van der Waals surface area contributed by atoms with Crippen LogP contribution in [0, 0.1) is 34.5 Å². The Balaban J connectivity index is 1.80. The molecule has 0 aromatic heterocycles. The van der Waals surface area contributed by atoms with Crippen molar-refractivity contribution in [2.75, 3.05) is 0 Å². The van der Waals surface area contributed by atoms with E-state index in [0.717, 1.165) is 25.7 Å². The van der Waals surface area contributed by atoms with E-state index in [0.29, 0.717) is 35.7 Å². The van der Waals surface area contributed by atoms with E-state index in [-0.39, 0.29) is 16.7 Å². The molecule has 0 bridgehead atoms. The third-order valence-corrected chi connectivity index (χ3v) is 8.38. The van der Waals surface area contributed by atoms with E-state index in [9.17, 15) is 9.59 Å². The van der Waals surface area contributed by atoms with Gasteiger partial charge >= 0.3 is 0 Å². The second kappa shape index (κ2) is 5.16. The highest BCUT2D eigenvalue weighted by Gasteiger charge is 2.59. The van der Waals surface area contributed by atoms with E-state index in [2.05, 4.69) is 26.8 Å². The number of hydrogen-bond donors (Lipinski definition) is 0. The fourth-order valence-electron chi connectivity index (χ4n) is 6.84. The van der Waals surface area contributed by atoms with Gasteiger partial charge in [-0.3, -0.25) is 9.59 Å². The lowest BCUT2D eigenvalue weighted by Crippen LogP contribution is -2.48. The molecule has 0 amide bonds. The van der Waals surface area contributed by atoms with E-state index < -0.39 is 0 Å². The molecule has 0 N–H and O–H groups in total. The number of carbonyl (C=O) groups is 2. The van der Waals surface area contributed by atoms with Gasteiger partial charge in [0.2, 0.25) is 0 Å². The monoisotopic (exact) mass is 326 g/mol. The maximum atomic E-state index is 12.3. The number of rotatable bonds is 1. The summed E-state index contributed by atoms with van der Waals surface area (Å²) in [6.45, 7) is 8.87. The van der Waals surface area contributed by atoms with Crippen LogP contribution in [0.4, 0.5) is 0 Å². The van der Waals surface area contributed by atoms with Crippen molar-refractivity contribution in [3.8, 4) is 0 Å². The molecule has 0 saturated heterocycles. The molecule has 0 aliphatic heterocycles. The maximum absolute atomic E-state index is 12.3. The third-order valence-electron chi connectivity index (χ3n) is 8.38. The number of ketones is 2. The molecule has 0 radical (unpaired) electrons. The normalized spacial score (nSPS) is 47.2. The number of Topliss-reactive ketones (excluding diaryl/α,β-unsaturated/α-hetero) is 1. The minimum atomic E-state index is 0.0979. The smallest absolute Gasteiger partial charge is 0.155 e. The van der Waals surface area contributed by atoms with Crippen molar-refractivity contribution in [1.82, 2.24) is 0 Å². The minimum Gasteiger partial charge on any atom is -0.300 e. The topological polar surface area (TPSA) is 34.1 Å². The summed E-state index contributed by atoms with van der Waals surface area (Å²) in [6, 6.07) is 0. The van der Waals surface area contributed by atoms with Gasteiger partial charge in [-0.1, -0.05) is 38.0 Å². The number of allylic oxidation sites excluding steroid dienone is 4. The summed E-state index contributed by atoms with van der Waals surface area (Å²) in [7, 11) is 0. The van der Waals surface area contributed by atoms with Crippen LogP contribution in [0.2, 0.25) is 0 Å². The van der Waals surface area contributed by atoms with Crippen LogP contribution in [0.5, 0.6) is 0 Å². The van der Waals surface area contributed by atoms with Crippen LogP contribution in [-0.4, -0.2) is 11.6 Å². The molecule has 24 heavy (non-hydrogen) atoms. The lowest BCUT2D eigenvalue weighted by molar-refractivity contribution is -0.126. The Morgan fingerprint density at radius 2 is 1.92 bits per heavy atom. The number of hydrogen-bond acceptors (Lipinski definition) is 2. The SMILES string of the molecule is CC(=O)[C@H]1CC[C@H]2[C@@H]3CCC4=CC(=O)CC[C@]4(C)C3=C[C@H](C)[C@]12C. The largest absolute Gasteiger partial charge is 0.300 e. The van der Waals surface area contributed by atoms with Gasteiger partial charge in [0, 0.05) is 17.8 Å². The van der Waals surface area contributed by atoms with Gasteiger partial charge < -0.3 is 0 Å². The van der Waals surface area contributed by atoms with Crippen molar-refractivity contribution in [2.45, 2.75) is 66.2 Å². The van der Waals surface area contributed by atoms with Crippen LogP contribution >= 0.6 is 0 Å². The molecule has 6 atom stereocenters. The fraction of sp³-hybridized carbons (Fsp3) is 0.727. The Morgan fingerprint density at radius 3 is 2.62 bits per heavy atom. The second-order valence-corrected chi connectivity index (χ2v) is 9.24. The summed E-state index contributed by atoms with van der Waals surface area (Å²) in [5.41, 5.74) is 3.20. The lowest BCUT2D eigenvalue weighted by Gasteiger charge is -2.55.